The maximum absolute atomic E-state index is 12.6. The zero-order valence-electron chi connectivity index (χ0n) is 13.0. The molecule has 1 atom stereocenters. The van der Waals surface area contributed by atoms with Gasteiger partial charge in [-0.25, -0.2) is 0 Å². The molecule has 0 aliphatic carbocycles. The summed E-state index contributed by atoms with van der Waals surface area (Å²) in [5.74, 6) is -0.0285. The molecular weight excluding hydrogens is 358 g/mol. The van der Waals surface area contributed by atoms with Gasteiger partial charge in [0.25, 0.3) is 5.91 Å². The number of halogens is 1. The molecule has 2 aromatic rings. The molecule has 2 aromatic carbocycles. The second kappa shape index (κ2) is 7.84. The van der Waals surface area contributed by atoms with Gasteiger partial charge < -0.3 is 5.32 Å². The Morgan fingerprint density at radius 1 is 1.05 bits per heavy atom. The molecule has 0 aromatic heterocycles. The third kappa shape index (κ3) is 4.62. The first-order chi connectivity index (χ1) is 10.5. The van der Waals surface area contributed by atoms with Crippen molar-refractivity contribution in [2.24, 2.45) is 0 Å². The summed E-state index contributed by atoms with van der Waals surface area (Å²) in [6, 6.07) is 15.7. The lowest BCUT2D eigenvalue weighted by atomic mass is 10.1. The van der Waals surface area contributed by atoms with Crippen LogP contribution in [0.25, 0.3) is 0 Å². The topological polar surface area (TPSA) is 29.1 Å². The van der Waals surface area contributed by atoms with Gasteiger partial charge in [0.1, 0.15) is 0 Å². The van der Waals surface area contributed by atoms with Crippen LogP contribution in [0.2, 0.25) is 0 Å². The van der Waals surface area contributed by atoms with E-state index in [0.29, 0.717) is 5.25 Å². The Kier molecular flexibility index (Phi) is 6.09. The lowest BCUT2D eigenvalue weighted by Crippen LogP contribution is -2.27. The van der Waals surface area contributed by atoms with E-state index in [-0.39, 0.29) is 11.9 Å². The molecule has 0 fully saturated rings. The Labute approximate surface area is 144 Å². The van der Waals surface area contributed by atoms with Crippen LogP contribution in [0.3, 0.4) is 0 Å². The monoisotopic (exact) mass is 377 g/mol. The molecule has 0 spiro atoms. The molecule has 2 rings (SSSR count). The summed E-state index contributed by atoms with van der Waals surface area (Å²) in [6.07, 6.45) is 0. The first kappa shape index (κ1) is 17.1. The van der Waals surface area contributed by atoms with Gasteiger partial charge in [-0.2, -0.15) is 0 Å². The number of amides is 1. The number of carbonyl (C=O) groups is 1. The van der Waals surface area contributed by atoms with Gasteiger partial charge in [-0.15, -0.1) is 11.8 Å². The molecule has 0 saturated carbocycles. The zero-order valence-corrected chi connectivity index (χ0v) is 15.4. The first-order valence-corrected chi connectivity index (χ1v) is 8.96. The molecule has 0 heterocycles. The molecule has 2 nitrogen and oxygen atoms in total. The minimum absolute atomic E-state index is 0.0285. The molecule has 0 aliphatic heterocycles. The van der Waals surface area contributed by atoms with Crippen LogP contribution in [-0.2, 0) is 0 Å². The van der Waals surface area contributed by atoms with Crippen LogP contribution < -0.4 is 5.32 Å². The summed E-state index contributed by atoms with van der Waals surface area (Å²) in [5, 5.41) is 3.52. The second-order valence-electron chi connectivity index (χ2n) is 5.41. The highest BCUT2D eigenvalue weighted by atomic mass is 79.9. The van der Waals surface area contributed by atoms with Crippen LogP contribution in [0.1, 0.15) is 42.7 Å². The third-order valence-electron chi connectivity index (χ3n) is 3.21. The van der Waals surface area contributed by atoms with Gasteiger partial charge in [-0.05, 0) is 36.8 Å². The lowest BCUT2D eigenvalue weighted by Gasteiger charge is -2.16. The summed E-state index contributed by atoms with van der Waals surface area (Å²) in [7, 11) is 0. The Morgan fingerprint density at radius 3 is 2.32 bits per heavy atom. The molecule has 0 radical (unpaired) electrons. The number of nitrogens with one attached hydrogen (secondary N) is 1. The van der Waals surface area contributed by atoms with Gasteiger partial charge in [0, 0.05) is 14.6 Å². The van der Waals surface area contributed by atoms with Crippen molar-refractivity contribution in [3.05, 3.63) is 64.1 Å². The number of rotatable bonds is 5. The normalized spacial score (nSPS) is 12.2. The molecule has 1 amide bonds. The van der Waals surface area contributed by atoms with Crippen LogP contribution in [-0.4, -0.2) is 11.2 Å². The van der Waals surface area contributed by atoms with Crippen molar-refractivity contribution in [3.8, 4) is 0 Å². The van der Waals surface area contributed by atoms with Gasteiger partial charge >= 0.3 is 0 Å². The molecule has 0 saturated heterocycles. The molecular formula is C18H20BrNOS. The van der Waals surface area contributed by atoms with Crippen molar-refractivity contribution in [2.75, 3.05) is 0 Å². The fraction of sp³-hybridized carbons (Fsp3) is 0.278. The summed E-state index contributed by atoms with van der Waals surface area (Å²) >= 11 is 5.14. The van der Waals surface area contributed by atoms with E-state index in [2.05, 4.69) is 35.1 Å². The summed E-state index contributed by atoms with van der Waals surface area (Å²) in [4.78, 5) is 13.6. The van der Waals surface area contributed by atoms with E-state index in [1.54, 1.807) is 11.8 Å². The molecule has 1 unspecified atom stereocenters. The number of hydrogen-bond donors (Lipinski definition) is 1. The number of carbonyl (C=O) groups excluding carboxylic acids is 1. The van der Waals surface area contributed by atoms with Crippen molar-refractivity contribution in [1.82, 2.24) is 5.32 Å². The number of hydrogen-bond acceptors (Lipinski definition) is 2. The van der Waals surface area contributed by atoms with Gasteiger partial charge in [-0.1, -0.05) is 54.0 Å². The maximum atomic E-state index is 12.6. The van der Waals surface area contributed by atoms with E-state index in [9.17, 15) is 4.79 Å². The molecule has 22 heavy (non-hydrogen) atoms. The van der Waals surface area contributed by atoms with Crippen molar-refractivity contribution >= 4 is 33.6 Å². The smallest absolute Gasteiger partial charge is 0.252 e. The lowest BCUT2D eigenvalue weighted by molar-refractivity contribution is 0.0937. The summed E-state index contributed by atoms with van der Waals surface area (Å²) in [6.45, 7) is 6.26. The van der Waals surface area contributed by atoms with Gasteiger partial charge in [0.05, 0.1) is 11.6 Å². The van der Waals surface area contributed by atoms with Gasteiger partial charge in [-0.3, -0.25) is 4.79 Å². The quantitative estimate of drug-likeness (QED) is 0.702. The molecule has 4 heteroatoms. The zero-order chi connectivity index (χ0) is 16.1. The highest BCUT2D eigenvalue weighted by Gasteiger charge is 2.15. The molecule has 0 aliphatic rings. The van der Waals surface area contributed by atoms with Crippen LogP contribution in [0.15, 0.2) is 57.9 Å². The van der Waals surface area contributed by atoms with Crippen molar-refractivity contribution in [2.45, 2.75) is 37.0 Å². The predicted octanol–water partition coefficient (Wildman–Crippen LogP) is 5.44. The molecule has 116 valence electrons. The second-order valence-corrected chi connectivity index (χ2v) is 7.94. The van der Waals surface area contributed by atoms with E-state index in [1.807, 2.05) is 55.5 Å². The highest BCUT2D eigenvalue weighted by molar-refractivity contribution is 9.10. The molecule has 0 bridgehead atoms. The van der Waals surface area contributed by atoms with Crippen LogP contribution in [0.4, 0.5) is 0 Å². The minimum Gasteiger partial charge on any atom is -0.345 e. The Bertz CT molecular complexity index is 640. The van der Waals surface area contributed by atoms with Crippen molar-refractivity contribution in [1.29, 1.82) is 0 Å². The van der Waals surface area contributed by atoms with Crippen molar-refractivity contribution < 1.29 is 4.79 Å². The van der Waals surface area contributed by atoms with Crippen LogP contribution in [0, 0.1) is 0 Å². The van der Waals surface area contributed by atoms with Gasteiger partial charge in [0.15, 0.2) is 0 Å². The Hall–Kier alpha value is -1.26. The third-order valence-corrected chi connectivity index (χ3v) is 4.82. The standard InChI is InChI=1S/C18H20BrNOS/c1-12(2)22-17-7-5-4-6-16(17)18(21)20-13(3)14-8-10-15(19)11-9-14/h4-13H,1-3H3,(H,20,21). The SMILES string of the molecule is CC(C)Sc1ccccc1C(=O)NC(C)c1ccc(Br)cc1. The van der Waals surface area contributed by atoms with E-state index < -0.39 is 0 Å². The van der Waals surface area contributed by atoms with Gasteiger partial charge in [0.2, 0.25) is 0 Å². The Balaban J connectivity index is 2.13. The number of thioether (sulfide) groups is 1. The van der Waals surface area contributed by atoms with E-state index >= 15 is 0 Å². The minimum atomic E-state index is -0.0299. The van der Waals surface area contributed by atoms with Crippen molar-refractivity contribution in [3.63, 3.8) is 0 Å². The average molecular weight is 378 g/mol. The summed E-state index contributed by atoms with van der Waals surface area (Å²) < 4.78 is 1.04. The van der Waals surface area contributed by atoms with Crippen LogP contribution >= 0.6 is 27.7 Å². The van der Waals surface area contributed by atoms with E-state index in [1.165, 1.54) is 0 Å². The van der Waals surface area contributed by atoms with E-state index in [4.69, 9.17) is 0 Å². The predicted molar refractivity (Wildman–Crippen MR) is 97.5 cm³/mol. The van der Waals surface area contributed by atoms with Crippen LogP contribution in [0.5, 0.6) is 0 Å². The maximum Gasteiger partial charge on any atom is 0.252 e. The fourth-order valence-corrected chi connectivity index (χ4v) is 3.34. The molecule has 1 N–H and O–H groups in total. The Morgan fingerprint density at radius 2 is 1.68 bits per heavy atom. The fourth-order valence-electron chi connectivity index (χ4n) is 2.12. The largest absolute Gasteiger partial charge is 0.345 e. The first-order valence-electron chi connectivity index (χ1n) is 7.29. The summed E-state index contributed by atoms with van der Waals surface area (Å²) in [5.41, 5.74) is 1.83. The average Bonchev–Trinajstić information content (AvgIpc) is 2.47. The number of benzene rings is 2. The highest BCUT2D eigenvalue weighted by Crippen LogP contribution is 2.27. The van der Waals surface area contributed by atoms with E-state index in [0.717, 1.165) is 20.5 Å².